The van der Waals surface area contributed by atoms with Crippen molar-refractivity contribution in [3.8, 4) is 0 Å². The van der Waals surface area contributed by atoms with Gasteiger partial charge in [-0.15, -0.1) is 0 Å². The van der Waals surface area contributed by atoms with E-state index in [2.05, 4.69) is 42.9 Å². The smallest absolute Gasteiger partial charge is 0.255 e. The van der Waals surface area contributed by atoms with Crippen molar-refractivity contribution in [2.45, 2.75) is 6.54 Å². The Hall–Kier alpha value is -2.38. The van der Waals surface area contributed by atoms with Gasteiger partial charge in [0, 0.05) is 38.9 Å². The molecule has 1 aliphatic rings. The average molecular weight is 339 g/mol. The molecule has 7 heteroatoms. The quantitative estimate of drug-likeness (QED) is 0.731. The van der Waals surface area contributed by atoms with Crippen molar-refractivity contribution in [1.82, 2.24) is 23.5 Å². The van der Waals surface area contributed by atoms with Gasteiger partial charge in [0.05, 0.1) is 17.3 Å². The molecule has 0 unspecified atom stereocenters. The van der Waals surface area contributed by atoms with Crippen molar-refractivity contribution in [2.24, 2.45) is 0 Å². The minimum atomic E-state index is 0.0248. The van der Waals surface area contributed by atoms with E-state index >= 15 is 0 Å². The summed E-state index contributed by atoms with van der Waals surface area (Å²) in [6.45, 7) is 4.17. The van der Waals surface area contributed by atoms with Crippen molar-refractivity contribution in [1.29, 1.82) is 0 Å². The lowest BCUT2D eigenvalue weighted by atomic mass is 10.2. The monoisotopic (exact) mass is 339 g/mol. The fourth-order valence-corrected chi connectivity index (χ4v) is 3.42. The summed E-state index contributed by atoms with van der Waals surface area (Å²) >= 11 is 1.12. The Labute approximate surface area is 144 Å². The fourth-order valence-electron chi connectivity index (χ4n) is 2.94. The molecule has 0 bridgehead atoms. The van der Waals surface area contributed by atoms with Gasteiger partial charge in [-0.2, -0.15) is 8.75 Å². The summed E-state index contributed by atoms with van der Waals surface area (Å²) < 4.78 is 8.22. The summed E-state index contributed by atoms with van der Waals surface area (Å²) in [4.78, 5) is 21.1. The average Bonchev–Trinajstić information content (AvgIpc) is 3.10. The molecular weight excluding hydrogens is 322 g/mol. The van der Waals surface area contributed by atoms with Crippen LogP contribution in [-0.4, -0.2) is 55.6 Å². The lowest BCUT2D eigenvalue weighted by molar-refractivity contribution is 0.0628. The minimum absolute atomic E-state index is 0.0248. The third kappa shape index (κ3) is 3.13. The van der Waals surface area contributed by atoms with E-state index in [-0.39, 0.29) is 5.91 Å². The molecule has 4 rings (SSSR count). The highest BCUT2D eigenvalue weighted by Crippen LogP contribution is 2.14. The van der Waals surface area contributed by atoms with Crippen LogP contribution in [0, 0.1) is 0 Å². The normalized spacial score (nSPS) is 15.8. The number of nitrogens with zero attached hydrogens (tertiary/aromatic N) is 5. The maximum Gasteiger partial charge on any atom is 0.255 e. The number of piperazine rings is 1. The lowest BCUT2D eigenvalue weighted by Gasteiger charge is -2.34. The van der Waals surface area contributed by atoms with Crippen LogP contribution in [0.25, 0.3) is 11.2 Å². The number of hydrogen-bond acceptors (Lipinski definition) is 6. The van der Waals surface area contributed by atoms with Gasteiger partial charge in [0.2, 0.25) is 0 Å². The first-order chi connectivity index (χ1) is 11.8. The number of aromatic nitrogens is 3. The molecule has 0 N–H and O–H groups in total. The number of amides is 1. The standard InChI is InChI=1S/C17H17N5OS/c23-17(14-10-15-16(18-11-14)20-24-19-15)22-8-6-21(7-9-22)12-13-4-2-1-3-5-13/h1-5,10-11H,6-9,12H2. The van der Waals surface area contributed by atoms with Crippen molar-refractivity contribution in [2.75, 3.05) is 26.2 Å². The third-order valence-electron chi connectivity index (χ3n) is 4.27. The van der Waals surface area contributed by atoms with Crippen molar-refractivity contribution in [3.05, 3.63) is 53.7 Å². The van der Waals surface area contributed by atoms with Gasteiger partial charge in [0.25, 0.3) is 5.91 Å². The number of carbonyl (C=O) groups is 1. The molecule has 3 aromatic rings. The highest BCUT2D eigenvalue weighted by atomic mass is 32.1. The van der Waals surface area contributed by atoms with Gasteiger partial charge in [-0.1, -0.05) is 30.3 Å². The van der Waals surface area contributed by atoms with E-state index in [0.29, 0.717) is 16.7 Å². The number of benzene rings is 1. The van der Waals surface area contributed by atoms with Crippen molar-refractivity contribution < 1.29 is 4.79 Å². The molecule has 0 aliphatic carbocycles. The van der Waals surface area contributed by atoms with Crippen LogP contribution in [0.15, 0.2) is 42.6 Å². The molecule has 1 fully saturated rings. The van der Waals surface area contributed by atoms with Crippen LogP contribution >= 0.6 is 11.7 Å². The minimum Gasteiger partial charge on any atom is -0.336 e. The molecule has 1 aliphatic heterocycles. The third-order valence-corrected chi connectivity index (χ3v) is 4.80. The first-order valence-electron chi connectivity index (χ1n) is 7.93. The Kier molecular flexibility index (Phi) is 4.18. The second kappa shape index (κ2) is 6.62. The zero-order valence-electron chi connectivity index (χ0n) is 13.1. The Morgan fingerprint density at radius 3 is 2.67 bits per heavy atom. The highest BCUT2D eigenvalue weighted by Gasteiger charge is 2.22. The van der Waals surface area contributed by atoms with Crippen molar-refractivity contribution in [3.63, 3.8) is 0 Å². The van der Waals surface area contributed by atoms with E-state index in [1.54, 1.807) is 12.3 Å². The molecule has 6 nitrogen and oxygen atoms in total. The van der Waals surface area contributed by atoms with Crippen LogP contribution in [0.2, 0.25) is 0 Å². The van der Waals surface area contributed by atoms with Crippen molar-refractivity contribution >= 4 is 28.8 Å². The summed E-state index contributed by atoms with van der Waals surface area (Å²) in [6, 6.07) is 12.2. The van der Waals surface area contributed by atoms with E-state index in [1.807, 2.05) is 11.0 Å². The number of rotatable bonds is 3. The van der Waals surface area contributed by atoms with Crippen LogP contribution in [0.5, 0.6) is 0 Å². The fraction of sp³-hybridized carbons (Fsp3) is 0.294. The van der Waals surface area contributed by atoms with E-state index < -0.39 is 0 Å². The lowest BCUT2D eigenvalue weighted by Crippen LogP contribution is -2.48. The predicted octanol–water partition coefficient (Wildman–Crippen LogP) is 2.04. The first-order valence-corrected chi connectivity index (χ1v) is 8.66. The van der Waals surface area contributed by atoms with E-state index in [0.717, 1.165) is 44.5 Å². The van der Waals surface area contributed by atoms with E-state index in [9.17, 15) is 4.79 Å². The first kappa shape index (κ1) is 15.2. The molecule has 1 amide bonds. The predicted molar refractivity (Wildman–Crippen MR) is 92.8 cm³/mol. The summed E-state index contributed by atoms with van der Waals surface area (Å²) in [5, 5.41) is 0. The number of carbonyl (C=O) groups excluding carboxylic acids is 1. The molecule has 0 spiro atoms. The van der Waals surface area contributed by atoms with Crippen LogP contribution in [0.4, 0.5) is 0 Å². The molecule has 0 atom stereocenters. The Balaban J connectivity index is 1.39. The second-order valence-corrected chi connectivity index (χ2v) is 6.41. The molecular formula is C17H17N5OS. The number of hydrogen-bond donors (Lipinski definition) is 0. The summed E-state index contributed by atoms with van der Waals surface area (Å²) in [7, 11) is 0. The zero-order valence-corrected chi connectivity index (χ0v) is 13.9. The van der Waals surface area contributed by atoms with Gasteiger partial charge in [0.1, 0.15) is 5.52 Å². The molecule has 122 valence electrons. The van der Waals surface area contributed by atoms with Gasteiger partial charge in [-0.25, -0.2) is 4.98 Å². The molecule has 3 heterocycles. The molecule has 24 heavy (non-hydrogen) atoms. The van der Waals surface area contributed by atoms with Crippen LogP contribution in [-0.2, 0) is 6.54 Å². The maximum absolute atomic E-state index is 12.7. The van der Waals surface area contributed by atoms with Gasteiger partial charge in [-0.3, -0.25) is 9.69 Å². The summed E-state index contributed by atoms with van der Waals surface area (Å²) in [5.74, 6) is 0.0248. The van der Waals surface area contributed by atoms with Crippen LogP contribution in [0.1, 0.15) is 15.9 Å². The number of fused-ring (bicyclic) bond motifs is 1. The van der Waals surface area contributed by atoms with Gasteiger partial charge >= 0.3 is 0 Å². The Morgan fingerprint density at radius 2 is 1.88 bits per heavy atom. The summed E-state index contributed by atoms with van der Waals surface area (Å²) in [5.41, 5.74) is 3.19. The van der Waals surface area contributed by atoms with Crippen LogP contribution < -0.4 is 0 Å². The van der Waals surface area contributed by atoms with Gasteiger partial charge < -0.3 is 4.90 Å². The van der Waals surface area contributed by atoms with E-state index in [4.69, 9.17) is 0 Å². The van der Waals surface area contributed by atoms with Gasteiger partial charge in [0.15, 0.2) is 5.65 Å². The molecule has 1 saturated heterocycles. The Morgan fingerprint density at radius 1 is 1.08 bits per heavy atom. The van der Waals surface area contributed by atoms with E-state index in [1.165, 1.54) is 5.56 Å². The summed E-state index contributed by atoms with van der Waals surface area (Å²) in [6.07, 6.45) is 1.60. The topological polar surface area (TPSA) is 62.2 Å². The SMILES string of the molecule is O=C(c1cnc2nsnc2c1)N1CCN(Cc2ccccc2)CC1. The molecule has 2 aromatic heterocycles. The second-order valence-electron chi connectivity index (χ2n) is 5.88. The molecule has 0 saturated carbocycles. The number of pyridine rings is 1. The Bertz CT molecular complexity index is 842. The van der Waals surface area contributed by atoms with Crippen LogP contribution in [0.3, 0.4) is 0 Å². The molecule has 0 radical (unpaired) electrons. The maximum atomic E-state index is 12.7. The largest absolute Gasteiger partial charge is 0.336 e. The highest BCUT2D eigenvalue weighted by molar-refractivity contribution is 7.00. The zero-order chi connectivity index (χ0) is 16.4. The van der Waals surface area contributed by atoms with Gasteiger partial charge in [-0.05, 0) is 11.6 Å². The molecule has 1 aromatic carbocycles.